The molecule has 0 N–H and O–H groups in total. The number of carbonyl (C=O) groups excluding carboxylic acids is 1. The number of esters is 1. The summed E-state index contributed by atoms with van der Waals surface area (Å²) in [7, 11) is 0. The Morgan fingerprint density at radius 1 is 1.33 bits per heavy atom. The summed E-state index contributed by atoms with van der Waals surface area (Å²) in [5.41, 5.74) is -0.411. The van der Waals surface area contributed by atoms with Crippen molar-refractivity contribution in [1.29, 1.82) is 0 Å². The first-order chi connectivity index (χ1) is 9.89. The molecule has 0 aromatic heterocycles. The number of nitrogens with zero attached hydrogens (tertiary/aromatic N) is 2. The van der Waals surface area contributed by atoms with Crippen LogP contribution in [0, 0.1) is 0 Å². The van der Waals surface area contributed by atoms with Gasteiger partial charge in [-0.3, -0.25) is 14.6 Å². The molecule has 0 spiro atoms. The molecule has 0 saturated carbocycles. The van der Waals surface area contributed by atoms with Crippen LogP contribution in [0.4, 0.5) is 0 Å². The second-order valence-corrected chi connectivity index (χ2v) is 7.07. The van der Waals surface area contributed by atoms with Gasteiger partial charge < -0.3 is 9.47 Å². The quantitative estimate of drug-likeness (QED) is 0.736. The molecule has 0 radical (unpaired) electrons. The summed E-state index contributed by atoms with van der Waals surface area (Å²) in [6, 6.07) is -0.0928. The number of hydrogen-bond donors (Lipinski definition) is 0. The third-order valence-corrected chi connectivity index (χ3v) is 4.15. The maximum Gasteiger partial charge on any atom is 0.323 e. The molecule has 5 heteroatoms. The van der Waals surface area contributed by atoms with Gasteiger partial charge in [0.2, 0.25) is 0 Å². The first-order valence-electron chi connectivity index (χ1n) is 8.20. The SMILES string of the molecule is CCN1CCOC(CN2CCC[C@@H]2C(=O)OC(C)(C)C)C1. The van der Waals surface area contributed by atoms with Crippen molar-refractivity contribution in [3.05, 3.63) is 0 Å². The van der Waals surface area contributed by atoms with E-state index in [1.807, 2.05) is 20.8 Å². The number of ether oxygens (including phenoxy) is 2. The van der Waals surface area contributed by atoms with Gasteiger partial charge >= 0.3 is 5.97 Å². The van der Waals surface area contributed by atoms with Crippen molar-refractivity contribution in [2.45, 2.75) is 58.3 Å². The Kier molecular flexibility index (Phi) is 5.63. The predicted molar refractivity (Wildman–Crippen MR) is 82.3 cm³/mol. The number of likely N-dealkylation sites (tertiary alicyclic amines) is 1. The van der Waals surface area contributed by atoms with E-state index in [9.17, 15) is 4.79 Å². The van der Waals surface area contributed by atoms with Crippen LogP contribution in [0.5, 0.6) is 0 Å². The van der Waals surface area contributed by atoms with Crippen molar-refractivity contribution in [2.75, 3.05) is 39.3 Å². The van der Waals surface area contributed by atoms with Gasteiger partial charge in [0.15, 0.2) is 0 Å². The van der Waals surface area contributed by atoms with Crippen LogP contribution in [0.1, 0.15) is 40.5 Å². The molecule has 21 heavy (non-hydrogen) atoms. The summed E-state index contributed by atoms with van der Waals surface area (Å²) in [4.78, 5) is 17.0. The molecule has 0 aromatic carbocycles. The van der Waals surface area contributed by atoms with Gasteiger partial charge in [0.05, 0.1) is 12.7 Å². The molecule has 0 aromatic rings. The summed E-state index contributed by atoms with van der Waals surface area (Å²) in [6.07, 6.45) is 2.18. The van der Waals surface area contributed by atoms with Crippen molar-refractivity contribution in [3.8, 4) is 0 Å². The molecule has 2 aliphatic rings. The smallest absolute Gasteiger partial charge is 0.323 e. The molecule has 2 atom stereocenters. The Labute approximate surface area is 128 Å². The van der Waals surface area contributed by atoms with Crippen LogP contribution >= 0.6 is 0 Å². The minimum Gasteiger partial charge on any atom is -0.459 e. The maximum atomic E-state index is 12.3. The minimum atomic E-state index is -0.411. The van der Waals surface area contributed by atoms with E-state index in [4.69, 9.17) is 9.47 Å². The Balaban J connectivity index is 1.88. The molecule has 2 saturated heterocycles. The van der Waals surface area contributed by atoms with Crippen LogP contribution in [-0.4, -0.2) is 72.8 Å². The zero-order valence-electron chi connectivity index (χ0n) is 13.9. The van der Waals surface area contributed by atoms with E-state index in [-0.39, 0.29) is 18.1 Å². The lowest BCUT2D eigenvalue weighted by molar-refractivity contribution is -0.161. The molecule has 1 unspecified atom stereocenters. The van der Waals surface area contributed by atoms with Crippen molar-refractivity contribution in [2.24, 2.45) is 0 Å². The van der Waals surface area contributed by atoms with E-state index < -0.39 is 5.60 Å². The van der Waals surface area contributed by atoms with Gasteiger partial charge in [0.1, 0.15) is 11.6 Å². The van der Waals surface area contributed by atoms with E-state index in [2.05, 4.69) is 16.7 Å². The lowest BCUT2D eigenvalue weighted by atomic mass is 10.1. The molecule has 0 aliphatic carbocycles. The molecule has 0 bridgehead atoms. The average molecular weight is 298 g/mol. The topological polar surface area (TPSA) is 42.0 Å². The van der Waals surface area contributed by atoms with Gasteiger partial charge in [-0.05, 0) is 46.7 Å². The fourth-order valence-electron chi connectivity index (χ4n) is 3.12. The summed E-state index contributed by atoms with van der Waals surface area (Å²) < 4.78 is 11.4. The van der Waals surface area contributed by atoms with Gasteiger partial charge in [-0.1, -0.05) is 6.92 Å². The van der Waals surface area contributed by atoms with Crippen LogP contribution in [0.2, 0.25) is 0 Å². The summed E-state index contributed by atoms with van der Waals surface area (Å²) in [6.45, 7) is 13.6. The summed E-state index contributed by atoms with van der Waals surface area (Å²) in [5.74, 6) is -0.0804. The number of carbonyl (C=O) groups is 1. The monoisotopic (exact) mass is 298 g/mol. The largest absolute Gasteiger partial charge is 0.459 e. The highest BCUT2D eigenvalue weighted by atomic mass is 16.6. The second kappa shape index (κ2) is 7.07. The standard InChI is InChI=1S/C16H30N2O3/c1-5-17-9-10-20-13(11-17)12-18-8-6-7-14(18)15(19)21-16(2,3)4/h13-14H,5-12H2,1-4H3/t13?,14-/m1/s1. The number of likely N-dealkylation sites (N-methyl/N-ethyl adjacent to an activating group) is 1. The maximum absolute atomic E-state index is 12.3. The summed E-state index contributed by atoms with van der Waals surface area (Å²) >= 11 is 0. The highest BCUT2D eigenvalue weighted by molar-refractivity contribution is 5.76. The number of rotatable bonds is 4. The molecule has 2 heterocycles. The molecular formula is C16H30N2O3. The van der Waals surface area contributed by atoms with Gasteiger partial charge in [0.25, 0.3) is 0 Å². The first-order valence-corrected chi connectivity index (χ1v) is 8.20. The molecule has 2 fully saturated rings. The molecule has 2 rings (SSSR count). The molecule has 5 nitrogen and oxygen atoms in total. The van der Waals surface area contributed by atoms with Crippen LogP contribution in [0.3, 0.4) is 0 Å². The third kappa shape index (κ3) is 4.94. The highest BCUT2D eigenvalue weighted by Gasteiger charge is 2.36. The van der Waals surface area contributed by atoms with Crippen molar-refractivity contribution in [1.82, 2.24) is 9.80 Å². The Hall–Kier alpha value is -0.650. The van der Waals surface area contributed by atoms with E-state index in [0.29, 0.717) is 0 Å². The number of hydrogen-bond acceptors (Lipinski definition) is 5. The van der Waals surface area contributed by atoms with Gasteiger partial charge in [-0.25, -0.2) is 0 Å². The average Bonchev–Trinajstić information content (AvgIpc) is 2.85. The lowest BCUT2D eigenvalue weighted by Crippen LogP contribution is -2.50. The fraction of sp³-hybridized carbons (Fsp3) is 0.938. The van der Waals surface area contributed by atoms with Crippen LogP contribution in [-0.2, 0) is 14.3 Å². The molecule has 2 aliphatic heterocycles. The second-order valence-electron chi connectivity index (χ2n) is 7.07. The Morgan fingerprint density at radius 3 is 2.76 bits per heavy atom. The highest BCUT2D eigenvalue weighted by Crippen LogP contribution is 2.22. The fourth-order valence-corrected chi connectivity index (χ4v) is 3.12. The minimum absolute atomic E-state index is 0.0804. The van der Waals surface area contributed by atoms with E-state index in [1.54, 1.807) is 0 Å². The molecule has 122 valence electrons. The zero-order chi connectivity index (χ0) is 15.5. The lowest BCUT2D eigenvalue weighted by Gasteiger charge is -2.35. The van der Waals surface area contributed by atoms with Crippen molar-refractivity contribution in [3.63, 3.8) is 0 Å². The zero-order valence-corrected chi connectivity index (χ0v) is 13.9. The van der Waals surface area contributed by atoms with Gasteiger partial charge in [-0.15, -0.1) is 0 Å². The normalized spacial score (nSPS) is 28.8. The molecule has 0 amide bonds. The van der Waals surface area contributed by atoms with E-state index >= 15 is 0 Å². The Morgan fingerprint density at radius 2 is 2.10 bits per heavy atom. The van der Waals surface area contributed by atoms with Gasteiger partial charge in [-0.2, -0.15) is 0 Å². The third-order valence-electron chi connectivity index (χ3n) is 4.15. The van der Waals surface area contributed by atoms with E-state index in [1.165, 1.54) is 0 Å². The Bertz CT molecular complexity index is 354. The van der Waals surface area contributed by atoms with Crippen LogP contribution in [0.15, 0.2) is 0 Å². The number of morpholine rings is 1. The van der Waals surface area contributed by atoms with Crippen LogP contribution in [0.25, 0.3) is 0 Å². The van der Waals surface area contributed by atoms with Crippen molar-refractivity contribution < 1.29 is 14.3 Å². The molecular weight excluding hydrogens is 268 g/mol. The predicted octanol–water partition coefficient (Wildman–Crippen LogP) is 1.51. The summed E-state index contributed by atoms with van der Waals surface area (Å²) in [5, 5.41) is 0. The van der Waals surface area contributed by atoms with Gasteiger partial charge in [0, 0.05) is 19.6 Å². The van der Waals surface area contributed by atoms with Crippen LogP contribution < -0.4 is 0 Å². The van der Waals surface area contributed by atoms with Crippen molar-refractivity contribution >= 4 is 5.97 Å². The van der Waals surface area contributed by atoms with E-state index in [0.717, 1.165) is 52.2 Å². The first kappa shape index (κ1) is 16.7.